The number of rotatable bonds is 6. The first kappa shape index (κ1) is 11.6. The van der Waals surface area contributed by atoms with E-state index in [0.29, 0.717) is 0 Å². The Balaban J connectivity index is 2.46. The standard InChI is InChI=1S/C10H14N2S2/c1-3-7-13-9-5-6-10(12-11-9)14-8-4-2/h3,5-6H,1,4,7-8H2,2H3. The maximum Gasteiger partial charge on any atom is 0.119 e. The third kappa shape index (κ3) is 4.15. The predicted molar refractivity (Wildman–Crippen MR) is 64.0 cm³/mol. The zero-order valence-electron chi connectivity index (χ0n) is 8.27. The monoisotopic (exact) mass is 226 g/mol. The third-order valence-electron chi connectivity index (χ3n) is 1.42. The summed E-state index contributed by atoms with van der Waals surface area (Å²) in [4.78, 5) is 0. The van der Waals surface area contributed by atoms with Crippen molar-refractivity contribution in [3.05, 3.63) is 24.8 Å². The molecule has 0 radical (unpaired) electrons. The van der Waals surface area contributed by atoms with E-state index in [9.17, 15) is 0 Å². The van der Waals surface area contributed by atoms with Gasteiger partial charge in [-0.15, -0.1) is 40.3 Å². The number of aromatic nitrogens is 2. The van der Waals surface area contributed by atoms with Crippen molar-refractivity contribution in [2.75, 3.05) is 11.5 Å². The molecule has 0 aliphatic heterocycles. The molecule has 1 aromatic heterocycles. The molecule has 0 saturated carbocycles. The van der Waals surface area contributed by atoms with Crippen molar-refractivity contribution in [1.82, 2.24) is 10.2 Å². The second kappa shape index (κ2) is 6.90. The molecule has 0 N–H and O–H groups in total. The van der Waals surface area contributed by atoms with Gasteiger partial charge in [0.2, 0.25) is 0 Å². The highest BCUT2D eigenvalue weighted by molar-refractivity contribution is 7.99. The fourth-order valence-corrected chi connectivity index (χ4v) is 2.04. The van der Waals surface area contributed by atoms with Gasteiger partial charge in [-0.3, -0.25) is 0 Å². The van der Waals surface area contributed by atoms with E-state index in [1.807, 2.05) is 18.2 Å². The van der Waals surface area contributed by atoms with E-state index >= 15 is 0 Å². The first-order valence-corrected chi connectivity index (χ1v) is 6.54. The Labute approximate surface area is 93.6 Å². The highest BCUT2D eigenvalue weighted by atomic mass is 32.2. The summed E-state index contributed by atoms with van der Waals surface area (Å²) in [7, 11) is 0. The van der Waals surface area contributed by atoms with Gasteiger partial charge in [0.25, 0.3) is 0 Å². The molecule has 1 rings (SSSR count). The second-order valence-electron chi connectivity index (χ2n) is 2.66. The van der Waals surface area contributed by atoms with Crippen LogP contribution in [0, 0.1) is 0 Å². The largest absolute Gasteiger partial charge is 0.143 e. The van der Waals surface area contributed by atoms with E-state index in [-0.39, 0.29) is 0 Å². The van der Waals surface area contributed by atoms with Crippen molar-refractivity contribution in [2.45, 2.75) is 23.4 Å². The minimum Gasteiger partial charge on any atom is -0.143 e. The number of thioether (sulfide) groups is 2. The molecule has 0 fully saturated rings. The summed E-state index contributed by atoms with van der Waals surface area (Å²) >= 11 is 3.40. The van der Waals surface area contributed by atoms with Crippen LogP contribution in [0.3, 0.4) is 0 Å². The van der Waals surface area contributed by atoms with Gasteiger partial charge < -0.3 is 0 Å². The Morgan fingerprint density at radius 3 is 2.43 bits per heavy atom. The zero-order chi connectivity index (χ0) is 10.2. The summed E-state index contributed by atoms with van der Waals surface area (Å²) in [5.74, 6) is 1.99. The maximum atomic E-state index is 4.13. The molecule has 1 aromatic rings. The quantitative estimate of drug-likeness (QED) is 0.549. The van der Waals surface area contributed by atoms with Gasteiger partial charge in [0.15, 0.2) is 0 Å². The van der Waals surface area contributed by atoms with Gasteiger partial charge in [-0.05, 0) is 24.3 Å². The van der Waals surface area contributed by atoms with Gasteiger partial charge in [0.05, 0.1) is 0 Å². The van der Waals surface area contributed by atoms with Crippen LogP contribution in [0.2, 0.25) is 0 Å². The molecule has 76 valence electrons. The molecule has 0 saturated heterocycles. The normalized spacial score (nSPS) is 10.1. The molecule has 1 heterocycles. The van der Waals surface area contributed by atoms with Crippen molar-refractivity contribution in [1.29, 1.82) is 0 Å². The Morgan fingerprint density at radius 1 is 1.29 bits per heavy atom. The predicted octanol–water partition coefficient (Wildman–Crippen LogP) is 3.26. The molecule has 0 amide bonds. The van der Waals surface area contributed by atoms with Crippen molar-refractivity contribution in [2.24, 2.45) is 0 Å². The second-order valence-corrected chi connectivity index (χ2v) is 4.81. The molecular weight excluding hydrogens is 212 g/mol. The van der Waals surface area contributed by atoms with Gasteiger partial charge in [0, 0.05) is 5.75 Å². The molecule has 2 nitrogen and oxygen atoms in total. The average Bonchev–Trinajstić information content (AvgIpc) is 2.25. The van der Waals surface area contributed by atoms with Crippen LogP contribution in [-0.2, 0) is 0 Å². The number of nitrogens with zero attached hydrogens (tertiary/aromatic N) is 2. The lowest BCUT2D eigenvalue weighted by Crippen LogP contribution is -1.88. The molecule has 0 spiro atoms. The van der Waals surface area contributed by atoms with E-state index in [4.69, 9.17) is 0 Å². The summed E-state index contributed by atoms with van der Waals surface area (Å²) in [5.41, 5.74) is 0. The summed E-state index contributed by atoms with van der Waals surface area (Å²) in [6.45, 7) is 5.82. The lowest BCUT2D eigenvalue weighted by atomic mass is 10.6. The van der Waals surface area contributed by atoms with Crippen molar-refractivity contribution >= 4 is 23.5 Å². The Morgan fingerprint density at radius 2 is 1.93 bits per heavy atom. The average molecular weight is 226 g/mol. The Bertz CT molecular complexity index is 272. The van der Waals surface area contributed by atoms with Crippen LogP contribution in [0.15, 0.2) is 34.8 Å². The molecule has 14 heavy (non-hydrogen) atoms. The van der Waals surface area contributed by atoms with Gasteiger partial charge in [-0.2, -0.15) is 0 Å². The van der Waals surface area contributed by atoms with Crippen LogP contribution in [-0.4, -0.2) is 21.7 Å². The molecule has 0 aliphatic carbocycles. The smallest absolute Gasteiger partial charge is 0.119 e. The van der Waals surface area contributed by atoms with E-state index in [0.717, 1.165) is 21.6 Å². The summed E-state index contributed by atoms with van der Waals surface area (Å²) in [5, 5.41) is 10.2. The molecule has 4 heteroatoms. The van der Waals surface area contributed by atoms with Crippen molar-refractivity contribution < 1.29 is 0 Å². The zero-order valence-corrected chi connectivity index (χ0v) is 9.90. The number of hydrogen-bond acceptors (Lipinski definition) is 4. The molecule has 0 atom stereocenters. The first-order valence-electron chi connectivity index (χ1n) is 4.57. The van der Waals surface area contributed by atoms with Crippen LogP contribution in [0.1, 0.15) is 13.3 Å². The van der Waals surface area contributed by atoms with Crippen LogP contribution in [0.4, 0.5) is 0 Å². The maximum absolute atomic E-state index is 4.13. The summed E-state index contributed by atoms with van der Waals surface area (Å²) in [6.07, 6.45) is 3.03. The SMILES string of the molecule is C=CCSc1ccc(SCCC)nn1. The fraction of sp³-hybridized carbons (Fsp3) is 0.400. The lowest BCUT2D eigenvalue weighted by Gasteiger charge is -1.99. The Kier molecular flexibility index (Phi) is 5.71. The summed E-state index contributed by atoms with van der Waals surface area (Å²) < 4.78 is 0. The van der Waals surface area contributed by atoms with Crippen LogP contribution in [0.25, 0.3) is 0 Å². The lowest BCUT2D eigenvalue weighted by molar-refractivity contribution is 0.854. The van der Waals surface area contributed by atoms with Gasteiger partial charge in [-0.1, -0.05) is 13.0 Å². The van der Waals surface area contributed by atoms with E-state index in [2.05, 4.69) is 23.7 Å². The van der Waals surface area contributed by atoms with Crippen LogP contribution >= 0.6 is 23.5 Å². The van der Waals surface area contributed by atoms with Crippen molar-refractivity contribution in [3.8, 4) is 0 Å². The van der Waals surface area contributed by atoms with E-state index in [1.165, 1.54) is 6.42 Å². The summed E-state index contributed by atoms with van der Waals surface area (Å²) in [6, 6.07) is 4.04. The topological polar surface area (TPSA) is 25.8 Å². The molecular formula is C10H14N2S2. The van der Waals surface area contributed by atoms with E-state index in [1.54, 1.807) is 23.5 Å². The van der Waals surface area contributed by atoms with Gasteiger partial charge >= 0.3 is 0 Å². The molecule has 0 aromatic carbocycles. The van der Waals surface area contributed by atoms with Gasteiger partial charge in [0.1, 0.15) is 10.1 Å². The van der Waals surface area contributed by atoms with Crippen LogP contribution < -0.4 is 0 Å². The molecule has 0 bridgehead atoms. The fourth-order valence-electron chi connectivity index (χ4n) is 0.813. The van der Waals surface area contributed by atoms with Crippen LogP contribution in [0.5, 0.6) is 0 Å². The minimum absolute atomic E-state index is 0.885. The highest BCUT2D eigenvalue weighted by Gasteiger charge is 1.97. The Hall–Kier alpha value is -0.480. The van der Waals surface area contributed by atoms with E-state index < -0.39 is 0 Å². The van der Waals surface area contributed by atoms with Crippen molar-refractivity contribution in [3.63, 3.8) is 0 Å². The van der Waals surface area contributed by atoms with Gasteiger partial charge in [-0.25, -0.2) is 0 Å². The first-order chi connectivity index (χ1) is 6.86. The minimum atomic E-state index is 0.885. The highest BCUT2D eigenvalue weighted by Crippen LogP contribution is 2.19. The molecule has 0 unspecified atom stereocenters. The third-order valence-corrected chi connectivity index (χ3v) is 3.46. The number of hydrogen-bond donors (Lipinski definition) is 0. The molecule has 0 aliphatic rings.